The number of anilines is 1. The maximum Gasteiger partial charge on any atom is 0.315 e. The smallest absolute Gasteiger partial charge is 0.315 e. The first-order valence-corrected chi connectivity index (χ1v) is 13.1. The topological polar surface area (TPSA) is 92.7 Å². The maximum absolute atomic E-state index is 13.7. The van der Waals surface area contributed by atoms with Crippen molar-refractivity contribution >= 4 is 23.5 Å². The molecule has 4 atom stereocenters. The number of rotatable bonds is 6. The minimum Gasteiger partial charge on any atom is -0.481 e. The summed E-state index contributed by atoms with van der Waals surface area (Å²) in [4.78, 5) is 37.9. The lowest BCUT2D eigenvalue weighted by atomic mass is 9.52. The van der Waals surface area contributed by atoms with Gasteiger partial charge in [-0.2, -0.15) is 0 Å². The number of aliphatic carboxylic acids is 1. The van der Waals surface area contributed by atoms with E-state index in [2.05, 4.69) is 11.4 Å². The Bertz CT molecular complexity index is 1500. The highest BCUT2D eigenvalue weighted by atomic mass is 16.5. The molecule has 39 heavy (non-hydrogen) atoms. The molecule has 0 saturated heterocycles. The van der Waals surface area contributed by atoms with Crippen LogP contribution in [-0.4, -0.2) is 23.0 Å². The van der Waals surface area contributed by atoms with Crippen LogP contribution in [0.3, 0.4) is 0 Å². The highest BCUT2D eigenvalue weighted by Crippen LogP contribution is 2.58. The molecule has 0 radical (unpaired) electrons. The maximum atomic E-state index is 13.7. The average Bonchev–Trinajstić information content (AvgIpc) is 2.93. The van der Waals surface area contributed by atoms with Gasteiger partial charge in [0.2, 0.25) is 5.91 Å². The van der Waals surface area contributed by atoms with Gasteiger partial charge < -0.3 is 15.2 Å². The van der Waals surface area contributed by atoms with E-state index in [1.54, 1.807) is 6.07 Å². The van der Waals surface area contributed by atoms with E-state index in [4.69, 9.17) is 4.74 Å². The molecule has 1 saturated carbocycles. The first kappa shape index (κ1) is 24.6. The molecule has 6 nitrogen and oxygen atoms in total. The van der Waals surface area contributed by atoms with E-state index in [1.807, 2.05) is 91.0 Å². The second-order valence-corrected chi connectivity index (χ2v) is 10.1. The first-order valence-electron chi connectivity index (χ1n) is 13.1. The molecule has 0 bridgehead atoms. The van der Waals surface area contributed by atoms with E-state index in [0.29, 0.717) is 18.6 Å². The van der Waals surface area contributed by atoms with Crippen molar-refractivity contribution in [2.75, 3.05) is 5.32 Å². The minimum absolute atomic E-state index is 0.0212. The first-order chi connectivity index (χ1) is 19.0. The van der Waals surface area contributed by atoms with Crippen LogP contribution in [0.25, 0.3) is 11.1 Å². The molecule has 4 aromatic carbocycles. The summed E-state index contributed by atoms with van der Waals surface area (Å²) in [5.41, 5.74) is 5.37. The van der Waals surface area contributed by atoms with Crippen molar-refractivity contribution in [3.05, 3.63) is 120 Å². The number of esters is 1. The minimum atomic E-state index is -0.924. The fraction of sp³-hybridized carbons (Fsp3) is 0.182. The number of carbonyl (C=O) groups is 3. The van der Waals surface area contributed by atoms with Crippen LogP contribution in [0.2, 0.25) is 0 Å². The van der Waals surface area contributed by atoms with Gasteiger partial charge >= 0.3 is 11.9 Å². The zero-order valence-electron chi connectivity index (χ0n) is 21.1. The van der Waals surface area contributed by atoms with Gasteiger partial charge in [-0.05, 0) is 58.5 Å². The second-order valence-electron chi connectivity index (χ2n) is 10.1. The number of benzene rings is 4. The molecular formula is C33H27NO5. The molecule has 0 aromatic heterocycles. The van der Waals surface area contributed by atoms with Crippen molar-refractivity contribution in [3.63, 3.8) is 0 Å². The van der Waals surface area contributed by atoms with E-state index in [-0.39, 0.29) is 5.91 Å². The highest BCUT2D eigenvalue weighted by Gasteiger charge is 2.59. The zero-order valence-corrected chi connectivity index (χ0v) is 21.1. The molecular weight excluding hydrogens is 490 g/mol. The Morgan fingerprint density at radius 1 is 0.718 bits per heavy atom. The number of aryl methyl sites for hydroxylation is 1. The third-order valence-corrected chi connectivity index (χ3v) is 7.86. The lowest BCUT2D eigenvalue weighted by Crippen LogP contribution is -2.52. The number of hydrogen-bond donors (Lipinski definition) is 2. The predicted molar refractivity (Wildman–Crippen MR) is 147 cm³/mol. The number of fused-ring (bicyclic) bond motifs is 1. The average molecular weight is 518 g/mol. The van der Waals surface area contributed by atoms with Gasteiger partial charge in [0, 0.05) is 23.9 Å². The Morgan fingerprint density at radius 3 is 2.00 bits per heavy atom. The van der Waals surface area contributed by atoms with Gasteiger partial charge in [-0.15, -0.1) is 0 Å². The number of nitrogens with one attached hydrogen (secondary N) is 1. The molecule has 0 spiro atoms. The Labute approximate surface area is 226 Å². The number of hydrogen-bond acceptors (Lipinski definition) is 4. The molecule has 6 heteroatoms. The van der Waals surface area contributed by atoms with Gasteiger partial charge in [0.15, 0.2) is 0 Å². The van der Waals surface area contributed by atoms with Crippen molar-refractivity contribution < 1.29 is 24.2 Å². The van der Waals surface area contributed by atoms with Crippen LogP contribution in [0.1, 0.15) is 34.9 Å². The van der Waals surface area contributed by atoms with Crippen LogP contribution in [0, 0.1) is 11.8 Å². The molecule has 2 N–H and O–H groups in total. The van der Waals surface area contributed by atoms with Gasteiger partial charge in [-0.1, -0.05) is 78.9 Å². The quantitative estimate of drug-likeness (QED) is 0.240. The van der Waals surface area contributed by atoms with E-state index in [1.165, 1.54) is 0 Å². The molecule has 1 aliphatic heterocycles. The lowest BCUT2D eigenvalue weighted by Gasteiger charge is -2.48. The van der Waals surface area contributed by atoms with Gasteiger partial charge in [0.25, 0.3) is 0 Å². The summed E-state index contributed by atoms with van der Waals surface area (Å²) in [6.45, 7) is 0. The van der Waals surface area contributed by atoms with Crippen molar-refractivity contribution in [1.82, 2.24) is 0 Å². The predicted octanol–water partition coefficient (Wildman–Crippen LogP) is 6.04. The number of ether oxygens (including phenoxy) is 1. The summed E-state index contributed by atoms with van der Waals surface area (Å²) in [6, 6.07) is 31.9. The van der Waals surface area contributed by atoms with Gasteiger partial charge in [-0.25, -0.2) is 0 Å². The monoisotopic (exact) mass is 517 g/mol. The molecule has 2 unspecified atom stereocenters. The van der Waals surface area contributed by atoms with Gasteiger partial charge in [-0.3, -0.25) is 14.4 Å². The molecule has 1 fully saturated rings. The Balaban J connectivity index is 1.30. The third kappa shape index (κ3) is 4.70. The van der Waals surface area contributed by atoms with Gasteiger partial charge in [0.1, 0.15) is 5.75 Å². The molecule has 4 aromatic rings. The number of carboxylic acids is 1. The van der Waals surface area contributed by atoms with Crippen molar-refractivity contribution in [3.8, 4) is 16.9 Å². The molecule has 194 valence electrons. The van der Waals surface area contributed by atoms with E-state index in [0.717, 1.165) is 33.5 Å². The van der Waals surface area contributed by atoms with Crippen molar-refractivity contribution in [2.45, 2.75) is 24.7 Å². The largest absolute Gasteiger partial charge is 0.481 e. The number of carboxylic acid groups (broad SMARTS) is 1. The van der Waals surface area contributed by atoms with Crippen LogP contribution in [0.5, 0.6) is 5.75 Å². The molecule has 1 amide bonds. The summed E-state index contributed by atoms with van der Waals surface area (Å²) >= 11 is 0. The second kappa shape index (κ2) is 10.2. The Morgan fingerprint density at radius 2 is 1.36 bits per heavy atom. The van der Waals surface area contributed by atoms with E-state index in [9.17, 15) is 19.5 Å². The third-order valence-electron chi connectivity index (χ3n) is 7.86. The van der Waals surface area contributed by atoms with Crippen LogP contribution < -0.4 is 10.1 Å². The fourth-order valence-electron chi connectivity index (χ4n) is 6.01. The zero-order chi connectivity index (χ0) is 26.9. The van der Waals surface area contributed by atoms with E-state index < -0.39 is 35.6 Å². The Kier molecular flexibility index (Phi) is 6.45. The number of amides is 1. The van der Waals surface area contributed by atoms with Crippen LogP contribution >= 0.6 is 0 Å². The summed E-state index contributed by atoms with van der Waals surface area (Å²) < 4.78 is 5.95. The normalized spacial score (nSPS) is 21.7. The standard InChI is InChI=1S/C33H27NO5/c35-27-17-15-24-18-23(14-16-26(24)34-27)22-12-7-13-25(19-22)39-33(38)31-28(20-8-3-1-4-9-20)30(32(36)37)29(31)21-10-5-2-6-11-21/h1-14,16,18-19,28-31H,15,17H2,(H,34,35)(H,36,37)/t28-,29?,30-,31?/m1/s1. The van der Waals surface area contributed by atoms with Crippen LogP contribution in [-0.2, 0) is 20.8 Å². The van der Waals surface area contributed by atoms with E-state index >= 15 is 0 Å². The summed E-state index contributed by atoms with van der Waals surface area (Å²) in [7, 11) is 0. The molecule has 2 aliphatic rings. The highest BCUT2D eigenvalue weighted by molar-refractivity contribution is 5.94. The summed E-state index contributed by atoms with van der Waals surface area (Å²) in [6.07, 6.45) is 1.13. The summed E-state index contributed by atoms with van der Waals surface area (Å²) in [5, 5.41) is 13.1. The molecule has 6 rings (SSSR count). The lowest BCUT2D eigenvalue weighted by molar-refractivity contribution is -0.158. The van der Waals surface area contributed by atoms with Crippen molar-refractivity contribution in [2.24, 2.45) is 11.8 Å². The fourth-order valence-corrected chi connectivity index (χ4v) is 6.01. The van der Waals surface area contributed by atoms with Crippen LogP contribution in [0.15, 0.2) is 103 Å². The summed E-state index contributed by atoms with van der Waals surface area (Å²) in [5.74, 6) is -3.33. The molecule has 1 aliphatic carbocycles. The SMILES string of the molecule is O=C1CCc2cc(-c3cccc(OC(=O)C4C(c5ccccc5)[C@H](C(=O)O)[C@H]4c4ccccc4)c3)ccc2N1. The van der Waals surface area contributed by atoms with Gasteiger partial charge in [0.05, 0.1) is 11.8 Å². The Hall–Kier alpha value is -4.71. The van der Waals surface area contributed by atoms with Crippen molar-refractivity contribution in [1.29, 1.82) is 0 Å². The van der Waals surface area contributed by atoms with Crippen LogP contribution in [0.4, 0.5) is 5.69 Å². The number of carbonyl (C=O) groups excluding carboxylic acids is 2. The molecule has 1 heterocycles.